The summed E-state index contributed by atoms with van der Waals surface area (Å²) in [7, 11) is 3.04. The SMILES string of the molecule is C[C@H](N1Cc2cc(-c3cc(C(=O)ON(C)C)no3)cc(Cl)c2C1=O)C(F)(F)F. The fourth-order valence-electron chi connectivity index (χ4n) is 2.78. The highest BCUT2D eigenvalue weighted by atomic mass is 35.5. The summed E-state index contributed by atoms with van der Waals surface area (Å²) in [4.78, 5) is 29.8. The molecule has 0 radical (unpaired) electrons. The highest BCUT2D eigenvalue weighted by molar-refractivity contribution is 6.34. The van der Waals surface area contributed by atoms with Gasteiger partial charge in [-0.15, -0.1) is 5.06 Å². The quantitative estimate of drug-likeness (QED) is 0.708. The first-order valence-corrected chi connectivity index (χ1v) is 8.43. The molecule has 0 aliphatic carbocycles. The van der Waals surface area contributed by atoms with Crippen molar-refractivity contribution in [1.82, 2.24) is 15.1 Å². The molecule has 0 fully saturated rings. The summed E-state index contributed by atoms with van der Waals surface area (Å²) >= 11 is 6.15. The number of carbonyl (C=O) groups is 2. The van der Waals surface area contributed by atoms with Gasteiger partial charge in [-0.25, -0.2) is 4.79 Å². The van der Waals surface area contributed by atoms with Crippen LogP contribution in [0.15, 0.2) is 22.7 Å². The predicted octanol–water partition coefficient (Wildman–Crippen LogP) is 3.54. The Labute approximate surface area is 162 Å². The summed E-state index contributed by atoms with van der Waals surface area (Å²) in [6.45, 7) is 0.670. The molecule has 0 bridgehead atoms. The van der Waals surface area contributed by atoms with E-state index in [1.165, 1.54) is 37.4 Å². The van der Waals surface area contributed by atoms with Gasteiger partial charge in [-0.05, 0) is 24.6 Å². The van der Waals surface area contributed by atoms with E-state index in [4.69, 9.17) is 21.0 Å². The van der Waals surface area contributed by atoms with Crippen LogP contribution < -0.4 is 0 Å². The first kappa shape index (κ1) is 20.2. The zero-order valence-electron chi connectivity index (χ0n) is 15.0. The third-order valence-electron chi connectivity index (χ3n) is 4.20. The maximum atomic E-state index is 13.0. The van der Waals surface area contributed by atoms with Crippen LogP contribution in [0, 0.1) is 0 Å². The number of hydroxylamine groups is 2. The highest BCUT2D eigenvalue weighted by Gasteiger charge is 2.45. The van der Waals surface area contributed by atoms with Crippen LogP contribution in [0.2, 0.25) is 5.02 Å². The van der Waals surface area contributed by atoms with E-state index in [0.29, 0.717) is 16.0 Å². The van der Waals surface area contributed by atoms with Crippen molar-refractivity contribution in [3.05, 3.63) is 40.0 Å². The van der Waals surface area contributed by atoms with Crippen molar-refractivity contribution in [2.24, 2.45) is 0 Å². The van der Waals surface area contributed by atoms with Crippen molar-refractivity contribution in [3.63, 3.8) is 0 Å². The normalized spacial score (nSPS) is 15.1. The Bertz CT molecular complexity index is 942. The molecule has 2 heterocycles. The molecule has 11 heteroatoms. The second-order valence-electron chi connectivity index (χ2n) is 6.41. The van der Waals surface area contributed by atoms with Gasteiger partial charge in [0.25, 0.3) is 5.91 Å². The summed E-state index contributed by atoms with van der Waals surface area (Å²) < 4.78 is 44.2. The minimum Gasteiger partial charge on any atom is -0.363 e. The van der Waals surface area contributed by atoms with Gasteiger partial charge in [0.1, 0.15) is 6.04 Å². The number of hydrogen-bond donors (Lipinski definition) is 0. The van der Waals surface area contributed by atoms with Crippen LogP contribution in [0.25, 0.3) is 11.3 Å². The Morgan fingerprint density at radius 3 is 2.64 bits per heavy atom. The van der Waals surface area contributed by atoms with Crippen LogP contribution in [-0.2, 0) is 11.4 Å². The number of benzene rings is 1. The summed E-state index contributed by atoms with van der Waals surface area (Å²) in [5.41, 5.74) is 0.629. The molecule has 1 amide bonds. The van der Waals surface area contributed by atoms with Gasteiger partial charge in [-0.3, -0.25) is 4.79 Å². The maximum Gasteiger partial charge on any atom is 0.408 e. The molecule has 28 heavy (non-hydrogen) atoms. The third kappa shape index (κ3) is 3.69. The number of rotatable bonds is 4. The predicted molar refractivity (Wildman–Crippen MR) is 91.4 cm³/mol. The van der Waals surface area contributed by atoms with E-state index in [9.17, 15) is 22.8 Å². The molecular weight excluding hydrogens is 403 g/mol. The number of carbonyl (C=O) groups excluding carboxylic acids is 2. The second-order valence-corrected chi connectivity index (χ2v) is 6.82. The molecule has 0 N–H and O–H groups in total. The number of halogens is 4. The lowest BCUT2D eigenvalue weighted by Crippen LogP contribution is -2.43. The zero-order chi connectivity index (χ0) is 20.8. The van der Waals surface area contributed by atoms with Gasteiger partial charge in [0, 0.05) is 32.3 Å². The Morgan fingerprint density at radius 2 is 2.04 bits per heavy atom. The van der Waals surface area contributed by atoms with Gasteiger partial charge >= 0.3 is 12.1 Å². The van der Waals surface area contributed by atoms with E-state index in [1.54, 1.807) is 0 Å². The van der Waals surface area contributed by atoms with Crippen molar-refractivity contribution >= 4 is 23.5 Å². The molecule has 1 aliphatic heterocycles. The highest BCUT2D eigenvalue weighted by Crippen LogP contribution is 2.37. The van der Waals surface area contributed by atoms with Crippen LogP contribution in [0.5, 0.6) is 0 Å². The van der Waals surface area contributed by atoms with Crippen molar-refractivity contribution < 1.29 is 32.1 Å². The molecule has 1 atom stereocenters. The number of hydrogen-bond acceptors (Lipinski definition) is 6. The zero-order valence-corrected chi connectivity index (χ0v) is 15.8. The van der Waals surface area contributed by atoms with E-state index < -0.39 is 24.1 Å². The van der Waals surface area contributed by atoms with Crippen molar-refractivity contribution in [3.8, 4) is 11.3 Å². The summed E-state index contributed by atoms with van der Waals surface area (Å²) in [6.07, 6.45) is -4.56. The average molecular weight is 418 g/mol. The van der Waals surface area contributed by atoms with Crippen LogP contribution in [0.4, 0.5) is 13.2 Å². The molecule has 1 aromatic heterocycles. The molecular formula is C17H15ClF3N3O4. The minimum absolute atomic E-state index is 0.0109. The van der Waals surface area contributed by atoms with Gasteiger partial charge in [0.2, 0.25) is 0 Å². The van der Waals surface area contributed by atoms with Gasteiger partial charge in [-0.1, -0.05) is 16.8 Å². The average Bonchev–Trinajstić information content (AvgIpc) is 3.18. The molecule has 0 saturated carbocycles. The van der Waals surface area contributed by atoms with E-state index in [0.717, 1.165) is 6.92 Å². The lowest BCUT2D eigenvalue weighted by molar-refractivity contribution is -0.172. The molecule has 0 saturated heterocycles. The van der Waals surface area contributed by atoms with E-state index in [1.807, 2.05) is 0 Å². The number of alkyl halides is 3. The summed E-state index contributed by atoms with van der Waals surface area (Å²) in [5.74, 6) is -1.37. The van der Waals surface area contributed by atoms with Crippen LogP contribution in [0.1, 0.15) is 33.3 Å². The van der Waals surface area contributed by atoms with E-state index >= 15 is 0 Å². The van der Waals surface area contributed by atoms with Gasteiger partial charge < -0.3 is 14.3 Å². The Morgan fingerprint density at radius 1 is 1.36 bits per heavy atom. The Kier molecular flexibility index (Phi) is 5.11. The number of amides is 1. The topological polar surface area (TPSA) is 75.9 Å². The Hall–Kier alpha value is -2.59. The fraction of sp³-hybridized carbons (Fsp3) is 0.353. The van der Waals surface area contributed by atoms with E-state index in [2.05, 4.69) is 5.16 Å². The van der Waals surface area contributed by atoms with Gasteiger partial charge in [0.05, 0.1) is 10.6 Å². The third-order valence-corrected chi connectivity index (χ3v) is 4.50. The van der Waals surface area contributed by atoms with Crippen molar-refractivity contribution in [1.29, 1.82) is 0 Å². The smallest absolute Gasteiger partial charge is 0.363 e. The molecule has 0 unspecified atom stereocenters. The standard InChI is InChI=1S/C17H15ClF3N3O4/c1-8(17(19,20)21)24-7-10-4-9(5-11(18)14(10)15(24)25)13-6-12(22-27-13)16(26)28-23(2)3/h4-6,8H,7H2,1-3H3/t8-/m0/s1. The maximum absolute atomic E-state index is 13.0. The van der Waals surface area contributed by atoms with Gasteiger partial charge in [-0.2, -0.15) is 13.2 Å². The molecule has 0 spiro atoms. The molecule has 1 aromatic carbocycles. The lowest BCUT2D eigenvalue weighted by atomic mass is 10.0. The van der Waals surface area contributed by atoms with Crippen molar-refractivity contribution in [2.75, 3.05) is 14.1 Å². The molecule has 150 valence electrons. The first-order chi connectivity index (χ1) is 13.0. The van der Waals surface area contributed by atoms with Crippen LogP contribution >= 0.6 is 11.6 Å². The molecule has 1 aliphatic rings. The second kappa shape index (κ2) is 7.10. The fourth-order valence-corrected chi connectivity index (χ4v) is 3.10. The number of fused-ring (bicyclic) bond motifs is 1. The first-order valence-electron chi connectivity index (χ1n) is 8.06. The molecule has 3 rings (SSSR count). The summed E-state index contributed by atoms with van der Waals surface area (Å²) in [5, 5.41) is 4.79. The van der Waals surface area contributed by atoms with Crippen molar-refractivity contribution in [2.45, 2.75) is 25.7 Å². The minimum atomic E-state index is -4.56. The number of aromatic nitrogens is 1. The lowest BCUT2D eigenvalue weighted by Gasteiger charge is -2.26. The Balaban J connectivity index is 1.91. The largest absolute Gasteiger partial charge is 0.408 e. The monoisotopic (exact) mass is 417 g/mol. The van der Waals surface area contributed by atoms with E-state index in [-0.39, 0.29) is 28.6 Å². The number of nitrogens with zero attached hydrogens (tertiary/aromatic N) is 3. The summed E-state index contributed by atoms with van der Waals surface area (Å²) in [6, 6.07) is 2.23. The van der Waals surface area contributed by atoms with Gasteiger partial charge in [0.15, 0.2) is 11.5 Å². The van der Waals surface area contributed by atoms with Crippen LogP contribution in [-0.4, -0.2) is 53.3 Å². The molecule has 7 nitrogen and oxygen atoms in total. The molecule has 2 aromatic rings. The van der Waals surface area contributed by atoms with Crippen LogP contribution in [0.3, 0.4) is 0 Å².